The van der Waals surface area contributed by atoms with Crippen molar-refractivity contribution in [2.45, 2.75) is 12.7 Å². The quantitative estimate of drug-likeness (QED) is 0.271. The van der Waals surface area contributed by atoms with Gasteiger partial charge in [-0.05, 0) is 27.7 Å². The summed E-state index contributed by atoms with van der Waals surface area (Å²) in [6.07, 6.45) is 0. The molecule has 1 heterocycles. The van der Waals surface area contributed by atoms with E-state index in [1.54, 1.807) is 0 Å². The van der Waals surface area contributed by atoms with Crippen molar-refractivity contribution in [3.8, 4) is 0 Å². The Labute approximate surface area is 205 Å². The molecule has 0 fully saturated rings. The molecule has 2 nitrogen and oxygen atoms in total. The molecule has 5 rings (SSSR count). The number of hydrogen-bond donors (Lipinski definition) is 0. The molecule has 5 heteroatoms. The van der Waals surface area contributed by atoms with Crippen LogP contribution < -0.4 is 15.6 Å². The van der Waals surface area contributed by atoms with E-state index in [0.717, 1.165) is 11.3 Å². The fourth-order valence-electron chi connectivity index (χ4n) is 5.00. The Morgan fingerprint density at radius 2 is 1.06 bits per heavy atom. The molecule has 0 unspecified atom stereocenters. The zero-order chi connectivity index (χ0) is 22.8. The lowest BCUT2D eigenvalue weighted by Gasteiger charge is -2.39. The standard InChI is InChI=1S/C28H23Cl2NOSi/c1-20-27(26-24(29)18-11-19-25(26)30)31-32-28(20)33(21-12-5-2-6-13-21,22-14-7-3-8-15-22)23-16-9-4-10-17-23/h2-20,28H,1H3/t20-,28+/m0/s1. The van der Waals surface area contributed by atoms with Crippen LogP contribution in [0.3, 0.4) is 0 Å². The Morgan fingerprint density at radius 3 is 1.48 bits per heavy atom. The van der Waals surface area contributed by atoms with Crippen LogP contribution >= 0.6 is 23.2 Å². The summed E-state index contributed by atoms with van der Waals surface area (Å²) in [5.74, 6) is -0.0188. The van der Waals surface area contributed by atoms with Crippen LogP contribution in [-0.2, 0) is 4.84 Å². The van der Waals surface area contributed by atoms with Crippen molar-refractivity contribution >= 4 is 52.5 Å². The van der Waals surface area contributed by atoms with Crippen LogP contribution in [-0.4, -0.2) is 19.5 Å². The molecule has 4 aromatic carbocycles. The third kappa shape index (κ3) is 3.70. The molecule has 33 heavy (non-hydrogen) atoms. The summed E-state index contributed by atoms with van der Waals surface area (Å²) < 4.78 is 0. The van der Waals surface area contributed by atoms with Crippen LogP contribution in [0.1, 0.15) is 12.5 Å². The van der Waals surface area contributed by atoms with Gasteiger partial charge in [0.05, 0.1) is 15.8 Å². The van der Waals surface area contributed by atoms with Crippen molar-refractivity contribution in [2.75, 3.05) is 0 Å². The average Bonchev–Trinajstić information content (AvgIpc) is 3.23. The van der Waals surface area contributed by atoms with Crippen molar-refractivity contribution in [1.29, 1.82) is 0 Å². The summed E-state index contributed by atoms with van der Waals surface area (Å²) in [6, 6.07) is 37.7. The molecule has 0 spiro atoms. The molecule has 1 aliphatic rings. The van der Waals surface area contributed by atoms with Crippen LogP contribution in [0.4, 0.5) is 0 Å². The number of halogens is 2. The van der Waals surface area contributed by atoms with Crippen molar-refractivity contribution in [3.63, 3.8) is 0 Å². The van der Waals surface area contributed by atoms with Crippen molar-refractivity contribution in [2.24, 2.45) is 11.1 Å². The smallest absolute Gasteiger partial charge is 0.198 e. The van der Waals surface area contributed by atoms with Gasteiger partial charge in [-0.3, -0.25) is 0 Å². The maximum absolute atomic E-state index is 6.58. The molecule has 0 amide bonds. The number of oxime groups is 1. The van der Waals surface area contributed by atoms with E-state index >= 15 is 0 Å². The molecule has 1 aliphatic heterocycles. The molecular weight excluding hydrogens is 465 g/mol. The van der Waals surface area contributed by atoms with E-state index in [-0.39, 0.29) is 11.6 Å². The van der Waals surface area contributed by atoms with E-state index in [4.69, 9.17) is 28.0 Å². The topological polar surface area (TPSA) is 21.6 Å². The molecule has 2 atom stereocenters. The Kier molecular flexibility index (Phi) is 6.11. The first kappa shape index (κ1) is 22.0. The number of hydrogen-bond acceptors (Lipinski definition) is 2. The minimum absolute atomic E-state index is 0.0188. The first-order valence-electron chi connectivity index (χ1n) is 11.0. The predicted molar refractivity (Wildman–Crippen MR) is 141 cm³/mol. The predicted octanol–water partition coefficient (Wildman–Crippen LogP) is 5.44. The molecule has 4 aromatic rings. The summed E-state index contributed by atoms with van der Waals surface area (Å²) in [5, 5.41) is 9.62. The minimum atomic E-state index is -2.69. The van der Waals surface area contributed by atoms with Gasteiger partial charge in [0.1, 0.15) is 5.73 Å². The van der Waals surface area contributed by atoms with Crippen molar-refractivity contribution in [3.05, 3.63) is 125 Å². The maximum atomic E-state index is 6.58. The SMILES string of the molecule is C[C@H]1C(c2c(Cl)cccc2Cl)=NO[C@@H]1[Si](c1ccccc1)(c1ccccc1)c1ccccc1. The molecular formula is C28H23Cl2NOSi. The second-order valence-electron chi connectivity index (χ2n) is 8.29. The normalized spacial score (nSPS) is 18.0. The fourth-order valence-corrected chi connectivity index (χ4v) is 10.8. The van der Waals surface area contributed by atoms with E-state index in [9.17, 15) is 0 Å². The van der Waals surface area contributed by atoms with Crippen LogP contribution in [0.25, 0.3) is 0 Å². The van der Waals surface area contributed by atoms with Gasteiger partial charge in [0.2, 0.25) is 0 Å². The summed E-state index contributed by atoms with van der Waals surface area (Å²) in [7, 11) is -2.69. The maximum Gasteiger partial charge on any atom is 0.198 e. The largest absolute Gasteiger partial charge is 0.394 e. The number of benzene rings is 4. The minimum Gasteiger partial charge on any atom is -0.394 e. The molecule has 0 aromatic heterocycles. The third-order valence-corrected chi connectivity index (χ3v) is 12.3. The lowest BCUT2D eigenvalue weighted by Crippen LogP contribution is -2.75. The highest BCUT2D eigenvalue weighted by molar-refractivity contribution is 7.12. The second-order valence-corrected chi connectivity index (χ2v) is 13.0. The van der Waals surface area contributed by atoms with Gasteiger partial charge in [0, 0.05) is 11.5 Å². The van der Waals surface area contributed by atoms with Crippen LogP contribution in [0.5, 0.6) is 0 Å². The van der Waals surface area contributed by atoms with E-state index in [1.165, 1.54) is 15.6 Å². The summed E-state index contributed by atoms with van der Waals surface area (Å²) in [4.78, 5) is 6.40. The van der Waals surface area contributed by atoms with Crippen LogP contribution in [0, 0.1) is 5.92 Å². The molecule has 0 saturated heterocycles. The van der Waals surface area contributed by atoms with E-state index in [2.05, 4.69) is 103 Å². The second kappa shape index (κ2) is 9.18. The zero-order valence-electron chi connectivity index (χ0n) is 18.2. The monoisotopic (exact) mass is 487 g/mol. The average molecular weight is 488 g/mol. The van der Waals surface area contributed by atoms with Crippen molar-refractivity contribution in [1.82, 2.24) is 0 Å². The number of nitrogens with zero attached hydrogens (tertiary/aromatic N) is 1. The van der Waals surface area contributed by atoms with Gasteiger partial charge in [-0.15, -0.1) is 0 Å². The van der Waals surface area contributed by atoms with Gasteiger partial charge in [0.15, 0.2) is 8.07 Å². The molecule has 0 bridgehead atoms. The highest BCUT2D eigenvalue weighted by Gasteiger charge is 2.54. The van der Waals surface area contributed by atoms with Gasteiger partial charge in [-0.1, -0.05) is 132 Å². The summed E-state index contributed by atoms with van der Waals surface area (Å²) in [5.41, 5.74) is 1.38. The molecule has 0 radical (unpaired) electrons. The van der Waals surface area contributed by atoms with Gasteiger partial charge in [-0.2, -0.15) is 0 Å². The molecule has 164 valence electrons. The van der Waals surface area contributed by atoms with E-state index in [0.29, 0.717) is 10.0 Å². The summed E-state index contributed by atoms with van der Waals surface area (Å²) >= 11 is 13.2. The first-order valence-corrected chi connectivity index (χ1v) is 13.8. The molecule has 0 aliphatic carbocycles. The Bertz CT molecular complexity index is 1160. The van der Waals surface area contributed by atoms with Gasteiger partial charge < -0.3 is 4.84 Å². The van der Waals surface area contributed by atoms with Crippen LogP contribution in [0.15, 0.2) is 114 Å². The fraction of sp³-hybridized carbons (Fsp3) is 0.107. The van der Waals surface area contributed by atoms with Crippen molar-refractivity contribution < 1.29 is 4.84 Å². The van der Waals surface area contributed by atoms with Gasteiger partial charge in [0.25, 0.3) is 0 Å². The zero-order valence-corrected chi connectivity index (χ0v) is 20.7. The van der Waals surface area contributed by atoms with E-state index in [1.807, 2.05) is 18.2 Å². The third-order valence-electron chi connectivity index (χ3n) is 6.48. The first-order chi connectivity index (χ1) is 16.1. The Balaban J connectivity index is 1.74. The van der Waals surface area contributed by atoms with Gasteiger partial charge in [-0.25, -0.2) is 0 Å². The lowest BCUT2D eigenvalue weighted by molar-refractivity contribution is 0.119. The Hall–Kier alpha value is -2.85. The van der Waals surface area contributed by atoms with Gasteiger partial charge >= 0.3 is 0 Å². The van der Waals surface area contributed by atoms with E-state index < -0.39 is 8.07 Å². The Morgan fingerprint density at radius 1 is 0.636 bits per heavy atom. The molecule has 0 N–H and O–H groups in total. The van der Waals surface area contributed by atoms with Crippen LogP contribution in [0.2, 0.25) is 10.0 Å². The lowest BCUT2D eigenvalue weighted by atomic mass is 9.99. The highest BCUT2D eigenvalue weighted by atomic mass is 35.5. The number of rotatable bonds is 5. The summed E-state index contributed by atoms with van der Waals surface area (Å²) in [6.45, 7) is 2.17. The highest BCUT2D eigenvalue weighted by Crippen LogP contribution is 2.35. The molecule has 0 saturated carbocycles.